The highest BCUT2D eigenvalue weighted by molar-refractivity contribution is 5.94. The molecular weight excluding hydrogens is 363 g/mol. The van der Waals surface area contributed by atoms with Crippen LogP contribution in [0.1, 0.15) is 21.9 Å². The summed E-state index contributed by atoms with van der Waals surface area (Å²) < 4.78 is 42.9. The van der Waals surface area contributed by atoms with E-state index in [4.69, 9.17) is 4.74 Å². The maximum Gasteiger partial charge on any atom is 0.433 e. The third-order valence-corrected chi connectivity index (χ3v) is 4.20. The van der Waals surface area contributed by atoms with Gasteiger partial charge in [-0.25, -0.2) is 4.98 Å². The number of aromatic nitrogens is 3. The Balaban J connectivity index is 1.65. The van der Waals surface area contributed by atoms with E-state index >= 15 is 0 Å². The van der Waals surface area contributed by atoms with E-state index in [9.17, 15) is 18.0 Å². The molecular formula is C17H18F3N5O2. The second-order valence-corrected chi connectivity index (χ2v) is 6.02. The quantitative estimate of drug-likeness (QED) is 0.812. The molecule has 0 N–H and O–H groups in total. The van der Waals surface area contributed by atoms with E-state index in [2.05, 4.69) is 15.0 Å². The number of hydrogen-bond donors (Lipinski definition) is 0. The van der Waals surface area contributed by atoms with Crippen LogP contribution >= 0.6 is 0 Å². The standard InChI is InChI=1S/C17H18F3N5O2/c1-11-22-14(9-15(23-11)27-2)24-5-7-25(8-6-24)16(26)12-3-4-13(21-10-12)17(18,19)20/h3-4,9-10H,5-8H2,1-2H3. The zero-order valence-corrected chi connectivity index (χ0v) is 14.8. The fourth-order valence-electron chi connectivity index (χ4n) is 2.80. The number of carbonyl (C=O) groups is 1. The molecule has 0 radical (unpaired) electrons. The lowest BCUT2D eigenvalue weighted by atomic mass is 10.2. The molecule has 1 amide bonds. The highest BCUT2D eigenvalue weighted by Gasteiger charge is 2.32. The summed E-state index contributed by atoms with van der Waals surface area (Å²) in [5, 5.41) is 0. The van der Waals surface area contributed by atoms with Crippen LogP contribution in [0.15, 0.2) is 24.4 Å². The molecule has 0 unspecified atom stereocenters. The summed E-state index contributed by atoms with van der Waals surface area (Å²) in [6, 6.07) is 3.70. The summed E-state index contributed by atoms with van der Waals surface area (Å²) >= 11 is 0. The van der Waals surface area contributed by atoms with Gasteiger partial charge in [0.05, 0.1) is 12.7 Å². The topological polar surface area (TPSA) is 71.5 Å². The number of halogens is 3. The highest BCUT2D eigenvalue weighted by atomic mass is 19.4. The van der Waals surface area contributed by atoms with Gasteiger partial charge in [-0.1, -0.05) is 0 Å². The van der Waals surface area contributed by atoms with E-state index in [1.54, 1.807) is 17.9 Å². The van der Waals surface area contributed by atoms with Gasteiger partial charge in [0, 0.05) is 38.4 Å². The Morgan fingerprint density at radius 2 is 1.85 bits per heavy atom. The van der Waals surface area contributed by atoms with Crippen LogP contribution in [0.2, 0.25) is 0 Å². The predicted octanol–water partition coefficient (Wildman–Crippen LogP) is 2.17. The molecule has 7 nitrogen and oxygen atoms in total. The molecule has 1 aliphatic rings. The van der Waals surface area contributed by atoms with Gasteiger partial charge < -0.3 is 14.5 Å². The van der Waals surface area contributed by atoms with E-state index in [0.29, 0.717) is 43.7 Å². The number of alkyl halides is 3. The van der Waals surface area contributed by atoms with Gasteiger partial charge in [0.2, 0.25) is 5.88 Å². The fraction of sp³-hybridized carbons (Fsp3) is 0.412. The van der Waals surface area contributed by atoms with Gasteiger partial charge >= 0.3 is 6.18 Å². The van der Waals surface area contributed by atoms with Crippen molar-refractivity contribution in [1.82, 2.24) is 19.9 Å². The molecule has 0 saturated carbocycles. The van der Waals surface area contributed by atoms with E-state index in [-0.39, 0.29) is 11.5 Å². The molecule has 0 aliphatic carbocycles. The number of pyridine rings is 1. The van der Waals surface area contributed by atoms with Gasteiger partial charge in [-0.3, -0.25) is 9.78 Å². The van der Waals surface area contributed by atoms with Gasteiger partial charge in [0.1, 0.15) is 17.3 Å². The first-order valence-electron chi connectivity index (χ1n) is 8.25. The lowest BCUT2D eigenvalue weighted by Crippen LogP contribution is -2.49. The summed E-state index contributed by atoms with van der Waals surface area (Å²) in [6.45, 7) is 3.69. The third-order valence-electron chi connectivity index (χ3n) is 4.20. The Labute approximate surface area is 153 Å². The summed E-state index contributed by atoms with van der Waals surface area (Å²) in [7, 11) is 1.53. The lowest BCUT2D eigenvalue weighted by Gasteiger charge is -2.35. The molecule has 10 heteroatoms. The average Bonchev–Trinajstić information content (AvgIpc) is 2.66. The Hall–Kier alpha value is -2.91. The van der Waals surface area contributed by atoms with Crippen LogP contribution in [0.3, 0.4) is 0 Å². The minimum Gasteiger partial charge on any atom is -0.481 e. The van der Waals surface area contributed by atoms with Crippen molar-refractivity contribution < 1.29 is 22.7 Å². The Kier molecular flexibility index (Phi) is 5.15. The van der Waals surface area contributed by atoms with Crippen LogP contribution in [0, 0.1) is 6.92 Å². The first-order valence-corrected chi connectivity index (χ1v) is 8.25. The predicted molar refractivity (Wildman–Crippen MR) is 90.7 cm³/mol. The normalized spacial score (nSPS) is 15.0. The molecule has 1 fully saturated rings. The van der Waals surface area contributed by atoms with Crippen molar-refractivity contribution in [3.05, 3.63) is 41.5 Å². The fourth-order valence-corrected chi connectivity index (χ4v) is 2.80. The highest BCUT2D eigenvalue weighted by Crippen LogP contribution is 2.27. The Morgan fingerprint density at radius 3 is 2.41 bits per heavy atom. The molecule has 27 heavy (non-hydrogen) atoms. The Bertz CT molecular complexity index is 818. The number of hydrogen-bond acceptors (Lipinski definition) is 6. The van der Waals surface area contributed by atoms with Gasteiger partial charge in [-0.2, -0.15) is 18.2 Å². The maximum absolute atomic E-state index is 12.6. The van der Waals surface area contributed by atoms with Crippen molar-refractivity contribution in [2.45, 2.75) is 13.1 Å². The number of rotatable bonds is 3. The number of nitrogens with zero attached hydrogens (tertiary/aromatic N) is 5. The maximum atomic E-state index is 12.6. The molecule has 0 spiro atoms. The number of aryl methyl sites for hydroxylation is 1. The minimum absolute atomic E-state index is 0.135. The zero-order valence-electron chi connectivity index (χ0n) is 14.8. The SMILES string of the molecule is COc1cc(N2CCN(C(=O)c3ccc(C(F)(F)F)nc3)CC2)nc(C)n1. The second kappa shape index (κ2) is 7.37. The first-order chi connectivity index (χ1) is 12.8. The summed E-state index contributed by atoms with van der Waals surface area (Å²) in [6.07, 6.45) is -3.56. The summed E-state index contributed by atoms with van der Waals surface area (Å²) in [4.78, 5) is 28.0. The molecule has 2 aromatic rings. The molecule has 0 atom stereocenters. The van der Waals surface area contributed by atoms with E-state index in [0.717, 1.165) is 18.3 Å². The summed E-state index contributed by atoms with van der Waals surface area (Å²) in [5.41, 5.74) is -0.882. The molecule has 144 valence electrons. The van der Waals surface area contributed by atoms with Crippen LogP contribution in [0.5, 0.6) is 5.88 Å². The van der Waals surface area contributed by atoms with Crippen molar-refractivity contribution >= 4 is 11.7 Å². The monoisotopic (exact) mass is 381 g/mol. The van der Waals surface area contributed by atoms with Crippen molar-refractivity contribution in [3.8, 4) is 5.88 Å². The third kappa shape index (κ3) is 4.26. The number of ether oxygens (including phenoxy) is 1. The van der Waals surface area contributed by atoms with Gasteiger partial charge in [-0.15, -0.1) is 0 Å². The average molecular weight is 381 g/mol. The van der Waals surface area contributed by atoms with E-state index < -0.39 is 11.9 Å². The number of carbonyl (C=O) groups excluding carboxylic acids is 1. The molecule has 3 rings (SSSR count). The molecule has 1 saturated heterocycles. The zero-order chi connectivity index (χ0) is 19.6. The summed E-state index contributed by atoms with van der Waals surface area (Å²) in [5.74, 6) is 1.42. The first kappa shape index (κ1) is 18.9. The van der Waals surface area contributed by atoms with Crippen molar-refractivity contribution in [1.29, 1.82) is 0 Å². The molecule has 3 heterocycles. The molecule has 0 bridgehead atoms. The van der Waals surface area contributed by atoms with Crippen molar-refractivity contribution in [2.24, 2.45) is 0 Å². The van der Waals surface area contributed by atoms with Gasteiger partial charge in [-0.05, 0) is 19.1 Å². The van der Waals surface area contributed by atoms with Crippen molar-refractivity contribution in [2.75, 3.05) is 38.2 Å². The second-order valence-electron chi connectivity index (χ2n) is 6.02. The minimum atomic E-state index is -4.52. The van der Waals surface area contributed by atoms with Crippen LogP contribution in [-0.4, -0.2) is 59.0 Å². The van der Waals surface area contributed by atoms with Crippen LogP contribution in [-0.2, 0) is 6.18 Å². The molecule has 0 aromatic carbocycles. The number of anilines is 1. The smallest absolute Gasteiger partial charge is 0.433 e. The lowest BCUT2D eigenvalue weighted by molar-refractivity contribution is -0.141. The van der Waals surface area contributed by atoms with E-state index in [1.807, 2.05) is 4.90 Å². The number of amides is 1. The van der Waals surface area contributed by atoms with Crippen LogP contribution in [0.25, 0.3) is 0 Å². The van der Waals surface area contributed by atoms with Crippen LogP contribution < -0.4 is 9.64 Å². The van der Waals surface area contributed by atoms with Crippen molar-refractivity contribution in [3.63, 3.8) is 0 Å². The molecule has 1 aliphatic heterocycles. The largest absolute Gasteiger partial charge is 0.481 e. The van der Waals surface area contributed by atoms with Gasteiger partial charge in [0.15, 0.2) is 0 Å². The molecule has 2 aromatic heterocycles. The van der Waals surface area contributed by atoms with Crippen LogP contribution in [0.4, 0.5) is 19.0 Å². The van der Waals surface area contributed by atoms with E-state index in [1.165, 1.54) is 7.11 Å². The Morgan fingerprint density at radius 1 is 1.15 bits per heavy atom. The van der Waals surface area contributed by atoms with Gasteiger partial charge in [0.25, 0.3) is 5.91 Å². The number of methoxy groups -OCH3 is 1. The number of piperazine rings is 1.